The van der Waals surface area contributed by atoms with Gasteiger partial charge in [-0.1, -0.05) is 18.2 Å². The van der Waals surface area contributed by atoms with Crippen molar-refractivity contribution in [3.05, 3.63) is 78.5 Å². The maximum Gasteiger partial charge on any atom is 0.255 e. The predicted octanol–water partition coefficient (Wildman–Crippen LogP) is 5.71. The van der Waals surface area contributed by atoms with E-state index in [4.69, 9.17) is 4.74 Å². The number of aromatic amines is 1. The Hall–Kier alpha value is -3.64. The number of hydrogen-bond donors (Lipinski definition) is 2. The third-order valence-corrected chi connectivity index (χ3v) is 6.00. The summed E-state index contributed by atoms with van der Waals surface area (Å²) in [4.78, 5) is 14.0. The predicted molar refractivity (Wildman–Crippen MR) is 118 cm³/mol. The largest absolute Gasteiger partial charge is 0.497 e. The molecule has 5 rings (SSSR count). The topological polar surface area (TPSA) is 67.0 Å². The molecule has 0 saturated heterocycles. The first-order chi connectivity index (χ1) is 14.2. The van der Waals surface area contributed by atoms with E-state index in [0.717, 1.165) is 27.1 Å². The highest BCUT2D eigenvalue weighted by atomic mass is 32.1. The fraction of sp³-hybridized carbons (Fsp3) is 0.0435. The number of rotatable bonds is 4. The second-order valence-electron chi connectivity index (χ2n) is 6.69. The second kappa shape index (κ2) is 7.07. The van der Waals surface area contributed by atoms with E-state index in [2.05, 4.69) is 33.7 Å². The zero-order chi connectivity index (χ0) is 19.8. The minimum Gasteiger partial charge on any atom is -0.497 e. The number of ether oxygens (including phenoxy) is 1. The number of benzene rings is 3. The van der Waals surface area contributed by atoms with Gasteiger partial charge in [0.05, 0.1) is 18.8 Å². The van der Waals surface area contributed by atoms with Crippen molar-refractivity contribution in [2.24, 2.45) is 0 Å². The van der Waals surface area contributed by atoms with Crippen LogP contribution >= 0.6 is 11.3 Å². The minimum absolute atomic E-state index is 0.166. The number of methoxy groups -OCH3 is 1. The number of hydrogen-bond acceptors (Lipinski definition) is 4. The molecule has 2 aromatic heterocycles. The summed E-state index contributed by atoms with van der Waals surface area (Å²) in [6.07, 6.45) is 1.75. The molecule has 0 bridgehead atoms. The van der Waals surface area contributed by atoms with Crippen LogP contribution in [-0.2, 0) is 0 Å². The van der Waals surface area contributed by atoms with E-state index >= 15 is 0 Å². The molecule has 142 valence electrons. The van der Waals surface area contributed by atoms with Crippen LogP contribution in [0.4, 0.5) is 5.69 Å². The first-order valence-corrected chi connectivity index (χ1v) is 9.94. The van der Waals surface area contributed by atoms with E-state index < -0.39 is 0 Å². The molecule has 1 amide bonds. The Morgan fingerprint density at radius 2 is 1.86 bits per heavy atom. The summed E-state index contributed by atoms with van der Waals surface area (Å²) in [6, 6.07) is 21.5. The van der Waals surface area contributed by atoms with Crippen molar-refractivity contribution in [1.82, 2.24) is 10.2 Å². The van der Waals surface area contributed by atoms with E-state index in [-0.39, 0.29) is 5.91 Å². The molecule has 0 fully saturated rings. The lowest BCUT2D eigenvalue weighted by Crippen LogP contribution is -2.11. The summed E-state index contributed by atoms with van der Waals surface area (Å²) >= 11 is 1.70. The van der Waals surface area contributed by atoms with Gasteiger partial charge < -0.3 is 10.1 Å². The fourth-order valence-corrected chi connectivity index (χ4v) is 4.46. The number of aromatic nitrogens is 2. The average molecular weight is 399 g/mol. The first kappa shape index (κ1) is 17.5. The maximum absolute atomic E-state index is 12.9. The van der Waals surface area contributed by atoms with Gasteiger partial charge in [-0.2, -0.15) is 5.10 Å². The highest BCUT2D eigenvalue weighted by Crippen LogP contribution is 2.37. The lowest BCUT2D eigenvalue weighted by molar-refractivity contribution is 0.102. The monoisotopic (exact) mass is 399 g/mol. The van der Waals surface area contributed by atoms with E-state index in [1.54, 1.807) is 24.6 Å². The molecule has 5 nitrogen and oxygen atoms in total. The van der Waals surface area contributed by atoms with Crippen LogP contribution in [0.1, 0.15) is 10.4 Å². The van der Waals surface area contributed by atoms with Crippen LogP contribution in [0.25, 0.3) is 31.4 Å². The van der Waals surface area contributed by atoms with Crippen LogP contribution in [-0.4, -0.2) is 23.2 Å². The van der Waals surface area contributed by atoms with Crippen molar-refractivity contribution >= 4 is 43.9 Å². The molecule has 0 aliphatic rings. The van der Waals surface area contributed by atoms with Crippen LogP contribution in [0.2, 0.25) is 0 Å². The third-order valence-electron chi connectivity index (χ3n) is 4.85. The van der Waals surface area contributed by atoms with Crippen LogP contribution in [0.3, 0.4) is 0 Å². The van der Waals surface area contributed by atoms with Crippen LogP contribution in [0.15, 0.2) is 72.9 Å². The van der Waals surface area contributed by atoms with Gasteiger partial charge in [-0.15, -0.1) is 11.3 Å². The number of amides is 1. The van der Waals surface area contributed by atoms with Crippen molar-refractivity contribution in [1.29, 1.82) is 0 Å². The molecule has 0 spiro atoms. The summed E-state index contributed by atoms with van der Waals surface area (Å²) < 4.78 is 6.38. The van der Waals surface area contributed by atoms with Gasteiger partial charge in [-0.3, -0.25) is 9.89 Å². The Morgan fingerprint density at radius 1 is 1.03 bits per heavy atom. The Bertz CT molecular complexity index is 1300. The Balaban J connectivity index is 1.55. The van der Waals surface area contributed by atoms with E-state index in [1.807, 2.05) is 48.5 Å². The molecule has 0 radical (unpaired) electrons. The Labute approximate surface area is 171 Å². The zero-order valence-corrected chi connectivity index (χ0v) is 16.4. The molecule has 0 atom stereocenters. The van der Waals surface area contributed by atoms with Crippen molar-refractivity contribution in [3.63, 3.8) is 0 Å². The number of thiophene rings is 1. The van der Waals surface area contributed by atoms with Gasteiger partial charge in [0.15, 0.2) is 0 Å². The molecular weight excluding hydrogens is 382 g/mol. The summed E-state index contributed by atoms with van der Waals surface area (Å²) in [5, 5.41) is 12.3. The third kappa shape index (κ3) is 3.23. The van der Waals surface area contributed by atoms with Gasteiger partial charge >= 0.3 is 0 Å². The van der Waals surface area contributed by atoms with Gasteiger partial charge in [0, 0.05) is 31.8 Å². The summed E-state index contributed by atoms with van der Waals surface area (Å²) in [6.45, 7) is 0. The molecule has 0 unspecified atom stereocenters. The zero-order valence-electron chi connectivity index (χ0n) is 15.6. The smallest absolute Gasteiger partial charge is 0.255 e. The number of carbonyl (C=O) groups excluding carboxylic acids is 1. The first-order valence-electron chi connectivity index (χ1n) is 9.13. The summed E-state index contributed by atoms with van der Waals surface area (Å²) in [5.74, 6) is 0.579. The molecule has 2 N–H and O–H groups in total. The van der Waals surface area contributed by atoms with Gasteiger partial charge in [0.2, 0.25) is 0 Å². The van der Waals surface area contributed by atoms with Gasteiger partial charge in [-0.05, 0) is 53.9 Å². The number of fused-ring (bicyclic) bond motifs is 2. The number of nitrogens with one attached hydrogen (secondary N) is 2. The molecule has 29 heavy (non-hydrogen) atoms. The fourth-order valence-electron chi connectivity index (χ4n) is 3.38. The number of H-pyrrole nitrogens is 1. The summed E-state index contributed by atoms with van der Waals surface area (Å²) in [7, 11) is 1.61. The van der Waals surface area contributed by atoms with Crippen LogP contribution in [0, 0.1) is 0 Å². The number of carbonyl (C=O) groups is 1. The lowest BCUT2D eigenvalue weighted by atomic mass is 10.0. The maximum atomic E-state index is 12.9. The molecule has 6 heteroatoms. The standard InChI is InChI=1S/C23H17N3O2S/c1-28-18-8-6-17(7-9-18)25-23(27)15-10-16-13-24-26-22(16)19(11-15)21-12-14-4-2-3-5-20(14)29-21/h2-13H,1H3,(H,24,26)(H,25,27). The molecule has 0 aliphatic heterocycles. The van der Waals surface area contributed by atoms with Crippen molar-refractivity contribution in [2.45, 2.75) is 0 Å². The van der Waals surface area contributed by atoms with Crippen molar-refractivity contribution in [2.75, 3.05) is 12.4 Å². The Morgan fingerprint density at radius 3 is 2.66 bits per heavy atom. The Kier molecular flexibility index (Phi) is 4.26. The normalized spacial score (nSPS) is 11.1. The van der Waals surface area contributed by atoms with Crippen LogP contribution in [0.5, 0.6) is 5.75 Å². The quantitative estimate of drug-likeness (QED) is 0.407. The summed E-state index contributed by atoms with van der Waals surface area (Å²) in [5.41, 5.74) is 3.20. The molecule has 0 saturated carbocycles. The van der Waals surface area contributed by atoms with E-state index in [9.17, 15) is 4.79 Å². The van der Waals surface area contributed by atoms with Gasteiger partial charge in [0.1, 0.15) is 5.75 Å². The SMILES string of the molecule is COc1ccc(NC(=O)c2cc(-c3cc4ccccc4s3)c3[nH]ncc3c2)cc1. The molecule has 0 aliphatic carbocycles. The van der Waals surface area contributed by atoms with Crippen LogP contribution < -0.4 is 10.1 Å². The molecular formula is C23H17N3O2S. The minimum atomic E-state index is -0.166. The van der Waals surface area contributed by atoms with Gasteiger partial charge in [-0.25, -0.2) is 0 Å². The van der Waals surface area contributed by atoms with Crippen molar-refractivity contribution < 1.29 is 9.53 Å². The molecule has 5 aromatic rings. The highest BCUT2D eigenvalue weighted by molar-refractivity contribution is 7.22. The van der Waals surface area contributed by atoms with Gasteiger partial charge in [0.25, 0.3) is 5.91 Å². The van der Waals surface area contributed by atoms with E-state index in [1.165, 1.54) is 10.1 Å². The number of nitrogens with zero attached hydrogens (tertiary/aromatic N) is 1. The number of anilines is 1. The molecule has 3 aromatic carbocycles. The average Bonchev–Trinajstić information content (AvgIpc) is 3.40. The highest BCUT2D eigenvalue weighted by Gasteiger charge is 2.15. The second-order valence-corrected chi connectivity index (χ2v) is 7.77. The van der Waals surface area contributed by atoms with E-state index in [0.29, 0.717) is 11.3 Å². The molecule has 2 heterocycles. The van der Waals surface area contributed by atoms with Crippen molar-refractivity contribution in [3.8, 4) is 16.2 Å². The lowest BCUT2D eigenvalue weighted by Gasteiger charge is -2.08.